The number of likely N-dealkylation sites (N-methyl/N-ethyl adjacent to an activating group) is 3. The minimum Gasteiger partial charge on any atom is -0.461 e. The van der Waals surface area contributed by atoms with Crippen molar-refractivity contribution < 1.29 is 68.2 Å². The maximum atomic E-state index is 14.6. The number of esters is 3. The number of halogens is 6. The molecule has 2 aromatic carbocycles. The van der Waals surface area contributed by atoms with E-state index in [4.69, 9.17) is 14.2 Å². The molecule has 20 nitrogen and oxygen atoms in total. The summed E-state index contributed by atoms with van der Waals surface area (Å²) in [7, 11) is 3.08. The summed E-state index contributed by atoms with van der Waals surface area (Å²) in [5.41, 5.74) is 1.53. The second-order valence-electron chi connectivity index (χ2n) is 13.5. The summed E-state index contributed by atoms with van der Waals surface area (Å²) >= 11 is 11.8. The average Bonchev–Trinajstić information content (AvgIpc) is 3.21. The van der Waals surface area contributed by atoms with Crippen LogP contribution < -0.4 is 25.8 Å². The fourth-order valence-corrected chi connectivity index (χ4v) is 14.7. The third-order valence-electron chi connectivity index (χ3n) is 8.60. The van der Waals surface area contributed by atoms with Crippen molar-refractivity contribution in [3.8, 4) is 0 Å². The van der Waals surface area contributed by atoms with Crippen molar-refractivity contribution >= 4 is 206 Å². The van der Waals surface area contributed by atoms with Crippen LogP contribution in [0.2, 0.25) is 0 Å². The zero-order valence-electron chi connectivity index (χ0n) is 34.7. The van der Waals surface area contributed by atoms with Gasteiger partial charge in [-0.2, -0.15) is 0 Å². The second-order valence-corrected chi connectivity index (χ2v) is 20.0. The zero-order valence-corrected chi connectivity index (χ0v) is 47.7. The Morgan fingerprint density at radius 3 is 1.65 bits per heavy atom. The molecule has 4 unspecified atom stereocenters. The molecule has 4 atom stereocenters. The molecule has 0 aromatic heterocycles. The molecule has 7 N–H and O–H groups in total. The molecule has 0 bridgehead atoms. The van der Waals surface area contributed by atoms with E-state index in [1.54, 1.807) is 30.7 Å². The standard InChI is InChI=1S/C37H46I6N6O14/c1-8-49(15(2)35(58)45-32-26(40)31(44-22(57)14-62-17(4)53)27(41)33(28(32)42)47(6)9-19(55)11-50)34-25(39)23(37(60)48(7)10-20(56)12-51)24(38)30(29(34)43)46-36(59)21(63-18(5)54)13-61-16(3)52/h15,19-21,50-51,55-56H,8-14H2,1-7H3,(H,44,57)(H,45,58)(H,46,59). The van der Waals surface area contributed by atoms with E-state index >= 15 is 0 Å². The fraction of sp³-hybridized carbons (Fsp3) is 0.486. The highest BCUT2D eigenvalue weighted by Crippen LogP contribution is 2.45. The molecule has 0 spiro atoms. The van der Waals surface area contributed by atoms with Crippen molar-refractivity contribution in [1.82, 2.24) is 4.90 Å². The average molecular weight is 1560 g/mol. The van der Waals surface area contributed by atoms with Gasteiger partial charge in [-0.05, 0) is 149 Å². The van der Waals surface area contributed by atoms with E-state index in [-0.39, 0.29) is 45.8 Å². The van der Waals surface area contributed by atoms with E-state index in [0.717, 1.165) is 20.8 Å². The van der Waals surface area contributed by atoms with Crippen LogP contribution in [0.1, 0.15) is 45.0 Å². The molecule has 0 saturated heterocycles. The van der Waals surface area contributed by atoms with Gasteiger partial charge in [0.25, 0.3) is 17.7 Å². The molecule has 2 rings (SSSR count). The van der Waals surface area contributed by atoms with E-state index in [1.807, 2.05) is 136 Å². The van der Waals surface area contributed by atoms with Crippen molar-refractivity contribution in [1.29, 1.82) is 0 Å². The van der Waals surface area contributed by atoms with Gasteiger partial charge < -0.3 is 65.3 Å². The third kappa shape index (κ3) is 15.8. The number of hydrogen-bond acceptors (Lipinski definition) is 16. The Labute approximate surface area is 445 Å². The lowest BCUT2D eigenvalue weighted by atomic mass is 10.1. The van der Waals surface area contributed by atoms with Crippen LogP contribution in [0.3, 0.4) is 0 Å². The predicted octanol–water partition coefficient (Wildman–Crippen LogP) is 3.32. The van der Waals surface area contributed by atoms with Gasteiger partial charge in [0.1, 0.15) is 12.6 Å². The number of hydrogen-bond donors (Lipinski definition) is 7. The van der Waals surface area contributed by atoms with Crippen LogP contribution in [0.25, 0.3) is 0 Å². The zero-order chi connectivity index (χ0) is 48.2. The minimum absolute atomic E-state index is 0.0273. The maximum Gasteiger partial charge on any atom is 0.303 e. The van der Waals surface area contributed by atoms with Crippen LogP contribution >= 0.6 is 136 Å². The first-order valence-corrected chi connectivity index (χ1v) is 24.9. The Kier molecular flexibility index (Phi) is 24.5. The molecule has 4 amide bonds. The Hall–Kier alpha value is -1.45. The fourth-order valence-electron chi connectivity index (χ4n) is 5.62. The van der Waals surface area contributed by atoms with Gasteiger partial charge in [-0.3, -0.25) is 33.6 Å². The number of carbonyl (C=O) groups excluding carboxylic acids is 7. The van der Waals surface area contributed by atoms with Crippen LogP contribution in [0.4, 0.5) is 28.4 Å². The summed E-state index contributed by atoms with van der Waals surface area (Å²) in [6.45, 7) is 4.27. The quantitative estimate of drug-likeness (QED) is 0.0537. The van der Waals surface area contributed by atoms with Crippen LogP contribution in [0.5, 0.6) is 0 Å². The number of anilines is 5. The molecule has 0 aliphatic heterocycles. The van der Waals surface area contributed by atoms with Gasteiger partial charge in [-0.15, -0.1) is 0 Å². The van der Waals surface area contributed by atoms with Crippen molar-refractivity contribution in [2.75, 3.05) is 85.9 Å². The first kappa shape index (κ1) is 57.7. The molecule has 26 heteroatoms. The number of carbonyl (C=O) groups is 7. The van der Waals surface area contributed by atoms with Gasteiger partial charge in [0, 0.05) is 54.5 Å². The Morgan fingerprint density at radius 1 is 0.651 bits per heavy atom. The van der Waals surface area contributed by atoms with Crippen molar-refractivity contribution in [3.05, 3.63) is 27.0 Å². The van der Waals surface area contributed by atoms with E-state index in [0.29, 0.717) is 29.2 Å². The summed E-state index contributed by atoms with van der Waals surface area (Å²) < 4.78 is 17.4. The molecular weight excluding hydrogens is 1510 g/mol. The van der Waals surface area contributed by atoms with Gasteiger partial charge in [0.2, 0.25) is 12.0 Å². The molecular formula is C37H46I6N6O14. The molecule has 0 radical (unpaired) electrons. The highest BCUT2D eigenvalue weighted by molar-refractivity contribution is 14.1. The largest absolute Gasteiger partial charge is 0.461 e. The van der Waals surface area contributed by atoms with Crippen LogP contribution in [-0.4, -0.2) is 151 Å². The number of nitrogens with zero attached hydrogens (tertiary/aromatic N) is 3. The summed E-state index contributed by atoms with van der Waals surface area (Å²) in [5, 5.41) is 48.1. The Bertz CT molecular complexity index is 2080. The van der Waals surface area contributed by atoms with Gasteiger partial charge in [0.05, 0.1) is 80.8 Å². The molecule has 0 aliphatic rings. The maximum absolute atomic E-state index is 14.6. The minimum atomic E-state index is -1.58. The lowest BCUT2D eigenvalue weighted by Gasteiger charge is -2.34. The molecule has 2 aromatic rings. The molecule has 0 saturated carbocycles. The van der Waals surface area contributed by atoms with Gasteiger partial charge in [-0.25, -0.2) is 0 Å². The normalized spacial score (nSPS) is 12.8. The van der Waals surface area contributed by atoms with Gasteiger partial charge in [0.15, 0.2) is 6.61 Å². The van der Waals surface area contributed by atoms with Gasteiger partial charge >= 0.3 is 17.9 Å². The first-order valence-electron chi connectivity index (χ1n) is 18.4. The molecule has 0 heterocycles. The lowest BCUT2D eigenvalue weighted by Crippen LogP contribution is -2.44. The van der Waals surface area contributed by atoms with E-state index in [1.165, 1.54) is 11.9 Å². The molecule has 0 aliphatic carbocycles. The number of rotatable bonds is 21. The van der Waals surface area contributed by atoms with Crippen LogP contribution in [0.15, 0.2) is 0 Å². The Balaban J connectivity index is 2.88. The number of aliphatic hydroxyl groups excluding tert-OH is 4. The van der Waals surface area contributed by atoms with Crippen LogP contribution in [-0.2, 0) is 43.0 Å². The molecule has 63 heavy (non-hydrogen) atoms. The van der Waals surface area contributed by atoms with E-state index < -0.39 is 92.3 Å². The van der Waals surface area contributed by atoms with Crippen LogP contribution in [0, 0.1) is 21.4 Å². The number of ether oxygens (including phenoxy) is 3. The summed E-state index contributed by atoms with van der Waals surface area (Å²) in [6, 6.07) is -1.03. The second kappa shape index (κ2) is 26.8. The summed E-state index contributed by atoms with van der Waals surface area (Å²) in [4.78, 5) is 95.0. The summed E-state index contributed by atoms with van der Waals surface area (Å²) in [5.74, 6) is -4.95. The smallest absolute Gasteiger partial charge is 0.303 e. The molecule has 350 valence electrons. The number of benzene rings is 2. The van der Waals surface area contributed by atoms with E-state index in [2.05, 4.69) is 16.0 Å². The first-order chi connectivity index (χ1) is 29.3. The summed E-state index contributed by atoms with van der Waals surface area (Å²) in [6.07, 6.45) is -3.99. The van der Waals surface area contributed by atoms with Crippen molar-refractivity contribution in [3.63, 3.8) is 0 Å². The number of aliphatic hydroxyl groups is 4. The predicted molar refractivity (Wildman–Crippen MR) is 283 cm³/mol. The van der Waals surface area contributed by atoms with Crippen molar-refractivity contribution in [2.24, 2.45) is 0 Å². The third-order valence-corrected chi connectivity index (χ3v) is 15.0. The molecule has 0 fully saturated rings. The van der Waals surface area contributed by atoms with E-state index in [9.17, 15) is 54.0 Å². The van der Waals surface area contributed by atoms with Gasteiger partial charge in [-0.1, -0.05) is 0 Å². The Morgan fingerprint density at radius 2 is 1.14 bits per heavy atom. The number of amides is 4. The highest BCUT2D eigenvalue weighted by atomic mass is 127. The topological polar surface area (TPSA) is 274 Å². The SMILES string of the molecule is CCN(c1c(I)c(NC(=O)C(COC(C)=O)OC(C)=O)c(I)c(C(=O)N(C)CC(O)CO)c1I)C(C)C(=O)Nc1c(I)c(NC(=O)COC(C)=O)c(I)c(N(C)CC(O)CO)c1I. The number of nitrogens with one attached hydrogen (secondary N) is 3. The lowest BCUT2D eigenvalue weighted by molar-refractivity contribution is -0.160. The van der Waals surface area contributed by atoms with Crippen molar-refractivity contribution in [2.45, 2.75) is 59.0 Å². The highest BCUT2D eigenvalue weighted by Gasteiger charge is 2.35. The monoisotopic (exact) mass is 1560 g/mol.